The number of amides is 2. The van der Waals surface area contributed by atoms with E-state index in [1.165, 1.54) is 23.1 Å². The largest absolute Gasteiger partial charge is 0.353 e. The smallest absolute Gasteiger partial charge is 0.230 e. The Morgan fingerprint density at radius 2 is 1.92 bits per heavy atom. The third-order valence-corrected chi connectivity index (χ3v) is 8.68. The van der Waals surface area contributed by atoms with Crippen molar-refractivity contribution < 1.29 is 9.59 Å². The summed E-state index contributed by atoms with van der Waals surface area (Å²) in [6, 6.07) is 13.6. The summed E-state index contributed by atoms with van der Waals surface area (Å²) in [6.07, 6.45) is 2.27. The number of nitrogens with one attached hydrogen (secondary N) is 2. The van der Waals surface area contributed by atoms with Crippen LogP contribution in [0.1, 0.15) is 31.7 Å². The minimum absolute atomic E-state index is 0.0233. The number of piperidine rings is 1. The highest BCUT2D eigenvalue weighted by atomic mass is 35.5. The topological polar surface area (TPSA) is 74.3 Å². The Balaban J connectivity index is 1.21. The Morgan fingerprint density at radius 1 is 1.11 bits per heavy atom. The number of likely N-dealkylation sites (tertiary alicyclic amines) is 1. The summed E-state index contributed by atoms with van der Waals surface area (Å²) in [5.41, 5.74) is 3.67. The number of hydrogen-bond donors (Lipinski definition) is 2. The average Bonchev–Trinajstić information content (AvgIpc) is 3.35. The minimum Gasteiger partial charge on any atom is -0.353 e. The second-order valence-electron chi connectivity index (χ2n) is 8.64. The van der Waals surface area contributed by atoms with Crippen molar-refractivity contribution in [3.8, 4) is 11.3 Å². The number of thiazole rings is 1. The normalized spacial score (nSPS) is 14.5. The zero-order chi connectivity index (χ0) is 25.5. The van der Waals surface area contributed by atoms with Gasteiger partial charge in [-0.3, -0.25) is 14.5 Å². The molecule has 0 unspecified atom stereocenters. The fourth-order valence-corrected chi connectivity index (χ4v) is 5.96. The van der Waals surface area contributed by atoms with Gasteiger partial charge in [0.2, 0.25) is 11.8 Å². The molecule has 1 aliphatic heterocycles. The van der Waals surface area contributed by atoms with Gasteiger partial charge in [0.15, 0.2) is 4.34 Å². The fourth-order valence-electron chi connectivity index (χ4n) is 3.99. The van der Waals surface area contributed by atoms with Crippen molar-refractivity contribution in [1.82, 2.24) is 15.2 Å². The van der Waals surface area contributed by atoms with E-state index in [0.717, 1.165) is 59.3 Å². The number of thioether (sulfide) groups is 1. The average molecular weight is 564 g/mol. The summed E-state index contributed by atoms with van der Waals surface area (Å²) >= 11 is 15.1. The maximum atomic E-state index is 12.5. The van der Waals surface area contributed by atoms with Crippen molar-refractivity contribution in [2.24, 2.45) is 0 Å². The van der Waals surface area contributed by atoms with Gasteiger partial charge in [0.05, 0.1) is 21.5 Å². The molecule has 1 aromatic heterocycles. The van der Waals surface area contributed by atoms with E-state index < -0.39 is 0 Å². The van der Waals surface area contributed by atoms with Crippen molar-refractivity contribution in [2.45, 2.75) is 43.1 Å². The molecule has 190 valence electrons. The van der Waals surface area contributed by atoms with E-state index in [1.807, 2.05) is 54.8 Å². The lowest BCUT2D eigenvalue weighted by molar-refractivity contribution is -0.119. The van der Waals surface area contributed by atoms with Crippen LogP contribution in [0.15, 0.2) is 52.2 Å². The SMILES string of the molecule is CCC(=O)Nc1cccc(-c2csc(SCC(=O)NC3CCN(Cc4ccc(Cl)c(Cl)c4)CC3)n2)c1. The number of nitrogens with zero attached hydrogens (tertiary/aromatic N) is 2. The van der Waals surface area contributed by atoms with Crippen LogP contribution in [-0.4, -0.2) is 46.6 Å². The molecular formula is C26H28Cl2N4O2S2. The van der Waals surface area contributed by atoms with Crippen molar-refractivity contribution >= 4 is 63.8 Å². The lowest BCUT2D eigenvalue weighted by Crippen LogP contribution is -2.44. The van der Waals surface area contributed by atoms with E-state index >= 15 is 0 Å². The van der Waals surface area contributed by atoms with E-state index in [9.17, 15) is 9.59 Å². The van der Waals surface area contributed by atoms with Gasteiger partial charge < -0.3 is 10.6 Å². The van der Waals surface area contributed by atoms with Crippen LogP contribution in [0.25, 0.3) is 11.3 Å². The number of carbonyl (C=O) groups excluding carboxylic acids is 2. The second kappa shape index (κ2) is 12.9. The number of halogens is 2. The molecule has 0 atom stereocenters. The Labute approximate surface area is 229 Å². The summed E-state index contributed by atoms with van der Waals surface area (Å²) in [4.78, 5) is 31.2. The molecular weight excluding hydrogens is 535 g/mol. The lowest BCUT2D eigenvalue weighted by atomic mass is 10.0. The van der Waals surface area contributed by atoms with Crippen molar-refractivity contribution in [3.05, 3.63) is 63.5 Å². The van der Waals surface area contributed by atoms with Gasteiger partial charge in [-0.05, 0) is 42.7 Å². The van der Waals surface area contributed by atoms with Crippen LogP contribution in [0.2, 0.25) is 10.0 Å². The molecule has 0 aliphatic carbocycles. The van der Waals surface area contributed by atoms with Crippen LogP contribution in [0.3, 0.4) is 0 Å². The first kappa shape index (κ1) is 26.9. The van der Waals surface area contributed by atoms with Gasteiger partial charge in [-0.1, -0.05) is 60.1 Å². The lowest BCUT2D eigenvalue weighted by Gasteiger charge is -2.32. The molecule has 36 heavy (non-hydrogen) atoms. The van der Waals surface area contributed by atoms with Crippen LogP contribution in [0.5, 0.6) is 0 Å². The first-order valence-corrected chi connectivity index (χ1v) is 14.5. The second-order valence-corrected chi connectivity index (χ2v) is 11.5. The van der Waals surface area contributed by atoms with E-state index in [0.29, 0.717) is 22.2 Å². The highest BCUT2D eigenvalue weighted by molar-refractivity contribution is 8.01. The van der Waals surface area contributed by atoms with Crippen LogP contribution in [0.4, 0.5) is 5.69 Å². The molecule has 1 aliphatic rings. The summed E-state index contributed by atoms with van der Waals surface area (Å²) in [6.45, 7) is 4.49. The standard InChI is InChI=1S/C26H28Cl2N4O2S2/c1-2-24(33)30-20-5-3-4-18(13-20)23-15-35-26(31-23)36-16-25(34)29-19-8-10-32(11-9-19)14-17-6-7-21(27)22(28)12-17/h3-7,12-13,15,19H,2,8-11,14,16H2,1H3,(H,29,34)(H,30,33). The summed E-state index contributed by atoms with van der Waals surface area (Å²) in [5.74, 6) is 0.344. The van der Waals surface area contributed by atoms with E-state index in [2.05, 4.69) is 20.5 Å². The van der Waals surface area contributed by atoms with Gasteiger partial charge >= 0.3 is 0 Å². The van der Waals surface area contributed by atoms with Gasteiger partial charge in [0.25, 0.3) is 0 Å². The monoisotopic (exact) mass is 562 g/mol. The first-order valence-electron chi connectivity index (χ1n) is 11.8. The highest BCUT2D eigenvalue weighted by Gasteiger charge is 2.21. The molecule has 4 rings (SSSR count). The predicted octanol–water partition coefficient (Wildman–Crippen LogP) is 6.34. The summed E-state index contributed by atoms with van der Waals surface area (Å²) in [7, 11) is 0. The summed E-state index contributed by atoms with van der Waals surface area (Å²) in [5, 5.41) is 9.17. The Morgan fingerprint density at radius 3 is 2.67 bits per heavy atom. The van der Waals surface area contributed by atoms with Crippen molar-refractivity contribution in [1.29, 1.82) is 0 Å². The third-order valence-electron chi connectivity index (χ3n) is 5.92. The predicted molar refractivity (Wildman–Crippen MR) is 150 cm³/mol. The molecule has 3 aromatic rings. The third kappa shape index (κ3) is 7.70. The highest BCUT2D eigenvalue weighted by Crippen LogP contribution is 2.30. The van der Waals surface area contributed by atoms with Gasteiger partial charge in [0, 0.05) is 48.7 Å². The molecule has 2 amide bonds. The van der Waals surface area contributed by atoms with Gasteiger partial charge in [-0.2, -0.15) is 0 Å². The molecule has 0 spiro atoms. The zero-order valence-electron chi connectivity index (χ0n) is 19.9. The van der Waals surface area contributed by atoms with Gasteiger partial charge in [-0.15, -0.1) is 11.3 Å². The zero-order valence-corrected chi connectivity index (χ0v) is 23.1. The Bertz CT molecular complexity index is 1210. The number of aromatic nitrogens is 1. The van der Waals surface area contributed by atoms with Crippen LogP contribution >= 0.6 is 46.3 Å². The quantitative estimate of drug-likeness (QED) is 0.298. The number of rotatable bonds is 9. The van der Waals surface area contributed by atoms with E-state index in [-0.39, 0.29) is 17.9 Å². The van der Waals surface area contributed by atoms with Gasteiger partial charge in [-0.25, -0.2) is 4.98 Å². The number of carbonyl (C=O) groups is 2. The fraction of sp³-hybridized carbons (Fsp3) is 0.346. The maximum Gasteiger partial charge on any atom is 0.230 e. The summed E-state index contributed by atoms with van der Waals surface area (Å²) < 4.78 is 0.847. The van der Waals surface area contributed by atoms with Crippen LogP contribution in [-0.2, 0) is 16.1 Å². The van der Waals surface area contributed by atoms with E-state index in [4.69, 9.17) is 23.2 Å². The Hall–Kier alpha value is -2.10. The number of hydrogen-bond acceptors (Lipinski definition) is 6. The molecule has 1 fully saturated rings. The molecule has 2 N–H and O–H groups in total. The first-order chi connectivity index (χ1) is 17.4. The maximum absolute atomic E-state index is 12.5. The Kier molecular flexibility index (Phi) is 9.67. The molecule has 2 heterocycles. The van der Waals surface area contributed by atoms with Crippen molar-refractivity contribution in [2.75, 3.05) is 24.2 Å². The molecule has 0 radical (unpaired) electrons. The van der Waals surface area contributed by atoms with Crippen LogP contribution < -0.4 is 10.6 Å². The molecule has 0 saturated carbocycles. The molecule has 2 aromatic carbocycles. The minimum atomic E-state index is -0.0233. The molecule has 10 heteroatoms. The number of benzene rings is 2. The molecule has 0 bridgehead atoms. The van der Waals surface area contributed by atoms with E-state index in [1.54, 1.807) is 0 Å². The van der Waals surface area contributed by atoms with Crippen LogP contribution in [0, 0.1) is 0 Å². The number of anilines is 1. The van der Waals surface area contributed by atoms with Crippen molar-refractivity contribution in [3.63, 3.8) is 0 Å². The molecule has 1 saturated heterocycles. The van der Waals surface area contributed by atoms with Gasteiger partial charge in [0.1, 0.15) is 0 Å². The molecule has 6 nitrogen and oxygen atoms in total.